The number of nitrogens with zero attached hydrogens (tertiary/aromatic N) is 2. The van der Waals surface area contributed by atoms with E-state index >= 15 is 0 Å². The molecule has 1 aromatic heterocycles. The molecule has 2 aliphatic rings. The number of fused-ring (bicyclic) bond motifs is 1. The fraction of sp³-hybridized carbons (Fsp3) is 0.667. The Hall–Kier alpha value is -1.68. The van der Waals surface area contributed by atoms with Gasteiger partial charge in [0.05, 0.1) is 12.8 Å². The van der Waals surface area contributed by atoms with E-state index in [1.54, 1.807) is 13.8 Å². The molecular weight excluding hydrogens is 280 g/mol. The lowest BCUT2D eigenvalue weighted by atomic mass is 10.1. The number of primary amides is 1. The Bertz CT molecular complexity index is 572. The molecule has 0 spiro atoms. The van der Waals surface area contributed by atoms with Crippen LogP contribution in [0.25, 0.3) is 0 Å². The minimum atomic E-state index is -0.792. The van der Waals surface area contributed by atoms with Gasteiger partial charge >= 0.3 is 0 Å². The third kappa shape index (κ3) is 2.18. The van der Waals surface area contributed by atoms with Gasteiger partial charge in [0.2, 0.25) is 0 Å². The van der Waals surface area contributed by atoms with Crippen LogP contribution >= 0.6 is 0 Å². The fourth-order valence-corrected chi connectivity index (χ4v) is 2.77. The van der Waals surface area contributed by atoms with Gasteiger partial charge in [-0.25, -0.2) is 4.68 Å². The van der Waals surface area contributed by atoms with E-state index in [1.165, 1.54) is 10.9 Å². The van der Waals surface area contributed by atoms with Gasteiger partial charge in [-0.15, -0.1) is 0 Å². The number of anilines is 1. The molecule has 0 saturated carbocycles. The smallest absolute Gasteiger partial charge is 0.254 e. The third-order valence-corrected chi connectivity index (χ3v) is 3.65. The van der Waals surface area contributed by atoms with Gasteiger partial charge < -0.3 is 30.8 Å². The van der Waals surface area contributed by atoms with E-state index in [0.717, 1.165) is 0 Å². The molecule has 0 aliphatic carbocycles. The summed E-state index contributed by atoms with van der Waals surface area (Å²) in [6.07, 6.45) is -0.886. The second-order valence-corrected chi connectivity index (χ2v) is 5.56. The number of aliphatic hydroxyl groups is 1. The molecular formula is C12H18N4O5. The molecule has 1 aromatic rings. The van der Waals surface area contributed by atoms with Crippen LogP contribution in [0.5, 0.6) is 0 Å². The summed E-state index contributed by atoms with van der Waals surface area (Å²) < 4.78 is 18.6. The number of amides is 1. The van der Waals surface area contributed by atoms with Gasteiger partial charge in [-0.05, 0) is 13.8 Å². The Balaban J connectivity index is 1.94. The van der Waals surface area contributed by atoms with Crippen molar-refractivity contribution in [1.29, 1.82) is 0 Å². The molecule has 2 aliphatic heterocycles. The SMILES string of the molecule is CC1(C)OC2C(CO)OC(n3ncc(C(N)=O)c3N)C2O1. The molecule has 9 heteroatoms. The van der Waals surface area contributed by atoms with Crippen LogP contribution in [0.15, 0.2) is 6.20 Å². The van der Waals surface area contributed by atoms with Crippen LogP contribution in [0.1, 0.15) is 30.4 Å². The standard InChI is InChI=1S/C12H18N4O5/c1-12(2)20-7-6(4-17)19-11(8(7)21-12)16-9(13)5(3-15-16)10(14)18/h3,6-8,11,17H,4,13H2,1-2H3,(H2,14,18). The minimum Gasteiger partial charge on any atom is -0.394 e. The van der Waals surface area contributed by atoms with Crippen molar-refractivity contribution in [3.05, 3.63) is 11.8 Å². The van der Waals surface area contributed by atoms with Crippen molar-refractivity contribution in [2.24, 2.45) is 5.73 Å². The van der Waals surface area contributed by atoms with Gasteiger partial charge in [-0.1, -0.05) is 0 Å². The van der Waals surface area contributed by atoms with E-state index in [2.05, 4.69) is 5.10 Å². The maximum atomic E-state index is 11.3. The summed E-state index contributed by atoms with van der Waals surface area (Å²) in [7, 11) is 0. The van der Waals surface area contributed by atoms with Crippen molar-refractivity contribution in [2.75, 3.05) is 12.3 Å². The lowest BCUT2D eigenvalue weighted by Gasteiger charge is -2.24. The number of nitrogens with two attached hydrogens (primary N) is 2. The van der Waals surface area contributed by atoms with Crippen molar-refractivity contribution in [3.63, 3.8) is 0 Å². The molecule has 21 heavy (non-hydrogen) atoms. The number of nitrogen functional groups attached to an aromatic ring is 1. The first-order chi connectivity index (χ1) is 9.84. The highest BCUT2D eigenvalue weighted by Gasteiger charge is 2.56. The molecule has 4 unspecified atom stereocenters. The first kappa shape index (κ1) is 14.3. The summed E-state index contributed by atoms with van der Waals surface area (Å²) in [6, 6.07) is 0. The van der Waals surface area contributed by atoms with Gasteiger partial charge in [0, 0.05) is 0 Å². The number of hydrogen-bond donors (Lipinski definition) is 3. The monoisotopic (exact) mass is 298 g/mol. The molecule has 1 amide bonds. The summed E-state index contributed by atoms with van der Waals surface area (Å²) in [5.41, 5.74) is 11.2. The van der Waals surface area contributed by atoms with Crippen molar-refractivity contribution in [1.82, 2.24) is 9.78 Å². The number of aliphatic hydroxyl groups excluding tert-OH is 1. The van der Waals surface area contributed by atoms with E-state index in [-0.39, 0.29) is 18.0 Å². The highest BCUT2D eigenvalue weighted by atomic mass is 16.8. The maximum Gasteiger partial charge on any atom is 0.254 e. The molecule has 2 fully saturated rings. The van der Waals surface area contributed by atoms with E-state index in [0.29, 0.717) is 0 Å². The molecule has 3 heterocycles. The number of ether oxygens (including phenoxy) is 3. The number of aromatic nitrogens is 2. The van der Waals surface area contributed by atoms with Crippen molar-refractivity contribution >= 4 is 11.7 Å². The molecule has 0 radical (unpaired) electrons. The molecule has 9 nitrogen and oxygen atoms in total. The van der Waals surface area contributed by atoms with E-state index in [4.69, 9.17) is 25.7 Å². The van der Waals surface area contributed by atoms with Crippen LogP contribution in [-0.4, -0.2) is 51.5 Å². The number of carbonyl (C=O) groups excluding carboxylic acids is 1. The van der Waals surface area contributed by atoms with Crippen LogP contribution in [0, 0.1) is 0 Å². The van der Waals surface area contributed by atoms with Gasteiger partial charge in [-0.3, -0.25) is 4.79 Å². The first-order valence-corrected chi connectivity index (χ1v) is 6.59. The summed E-state index contributed by atoms with van der Waals surface area (Å²) in [6.45, 7) is 3.33. The number of hydrogen-bond acceptors (Lipinski definition) is 7. The second-order valence-electron chi connectivity index (χ2n) is 5.56. The van der Waals surface area contributed by atoms with Crippen LogP contribution in [0.3, 0.4) is 0 Å². The van der Waals surface area contributed by atoms with Crippen molar-refractivity contribution in [3.8, 4) is 0 Å². The van der Waals surface area contributed by atoms with Gasteiger partial charge in [0.15, 0.2) is 12.0 Å². The Morgan fingerprint density at radius 1 is 1.48 bits per heavy atom. The lowest BCUT2D eigenvalue weighted by Crippen LogP contribution is -2.31. The quantitative estimate of drug-likeness (QED) is 0.649. The number of carbonyl (C=O) groups is 1. The number of rotatable bonds is 3. The van der Waals surface area contributed by atoms with E-state index in [9.17, 15) is 9.90 Å². The molecule has 0 aromatic carbocycles. The molecule has 0 bridgehead atoms. The predicted molar refractivity (Wildman–Crippen MR) is 70.0 cm³/mol. The highest BCUT2D eigenvalue weighted by molar-refractivity contribution is 5.96. The zero-order valence-corrected chi connectivity index (χ0v) is 11.7. The van der Waals surface area contributed by atoms with Gasteiger partial charge in [0.1, 0.15) is 29.7 Å². The summed E-state index contributed by atoms with van der Waals surface area (Å²) >= 11 is 0. The predicted octanol–water partition coefficient (Wildman–Crippen LogP) is -1.03. The first-order valence-electron chi connectivity index (χ1n) is 6.59. The zero-order valence-electron chi connectivity index (χ0n) is 11.7. The topological polar surface area (TPSA) is 135 Å². The maximum absolute atomic E-state index is 11.3. The van der Waals surface area contributed by atoms with Crippen LogP contribution in [0.2, 0.25) is 0 Å². The summed E-state index contributed by atoms with van der Waals surface area (Å²) in [4.78, 5) is 11.3. The van der Waals surface area contributed by atoms with E-state index < -0.39 is 36.2 Å². The van der Waals surface area contributed by atoms with Crippen molar-refractivity contribution < 1.29 is 24.1 Å². The Labute approximate surface area is 120 Å². The molecule has 3 rings (SSSR count). The van der Waals surface area contributed by atoms with Crippen molar-refractivity contribution in [2.45, 2.75) is 44.2 Å². The molecule has 2 saturated heterocycles. The highest BCUT2D eigenvalue weighted by Crippen LogP contribution is 2.43. The third-order valence-electron chi connectivity index (χ3n) is 3.65. The van der Waals surface area contributed by atoms with Gasteiger partial charge in [0.25, 0.3) is 5.91 Å². The molecule has 4 atom stereocenters. The largest absolute Gasteiger partial charge is 0.394 e. The molecule has 5 N–H and O–H groups in total. The average Bonchev–Trinajstić information content (AvgIpc) is 3.00. The van der Waals surface area contributed by atoms with Gasteiger partial charge in [-0.2, -0.15) is 5.10 Å². The minimum absolute atomic E-state index is 0.0955. The Kier molecular flexibility index (Phi) is 3.17. The Morgan fingerprint density at radius 3 is 2.71 bits per heavy atom. The summed E-state index contributed by atoms with van der Waals surface area (Å²) in [5, 5.41) is 13.5. The lowest BCUT2D eigenvalue weighted by molar-refractivity contribution is -0.201. The van der Waals surface area contributed by atoms with Crippen LogP contribution in [0.4, 0.5) is 5.82 Å². The second kappa shape index (κ2) is 4.67. The van der Waals surface area contributed by atoms with Crippen LogP contribution in [-0.2, 0) is 14.2 Å². The normalized spacial score (nSPS) is 34.0. The fourth-order valence-electron chi connectivity index (χ4n) is 2.77. The summed E-state index contributed by atoms with van der Waals surface area (Å²) in [5.74, 6) is -1.37. The average molecular weight is 298 g/mol. The Morgan fingerprint density at radius 2 is 2.14 bits per heavy atom. The van der Waals surface area contributed by atoms with Crippen LogP contribution < -0.4 is 11.5 Å². The van der Waals surface area contributed by atoms with E-state index in [1.807, 2.05) is 0 Å². The zero-order chi connectivity index (χ0) is 15.4. The molecule has 116 valence electrons.